The van der Waals surface area contributed by atoms with Crippen LogP contribution in [0.25, 0.3) is 10.9 Å². The number of nitrogens with zero attached hydrogens (tertiary/aromatic N) is 3. The molecule has 1 aromatic carbocycles. The minimum atomic E-state index is -4.44. The third kappa shape index (κ3) is 3.06. The number of aromatic nitrogens is 3. The number of para-hydroxylation sites is 1. The topological polar surface area (TPSA) is 116 Å². The molecule has 1 aliphatic carbocycles. The summed E-state index contributed by atoms with van der Waals surface area (Å²) < 4.78 is 47.7. The summed E-state index contributed by atoms with van der Waals surface area (Å²) >= 11 is 0. The molecule has 9 nitrogen and oxygen atoms in total. The summed E-state index contributed by atoms with van der Waals surface area (Å²) in [6.07, 6.45) is 0.679. The number of alkyl halides is 1. The highest BCUT2D eigenvalue weighted by Crippen LogP contribution is 2.36. The van der Waals surface area contributed by atoms with Gasteiger partial charge >= 0.3 is 15.9 Å². The van der Waals surface area contributed by atoms with E-state index in [1.54, 1.807) is 19.1 Å². The van der Waals surface area contributed by atoms with Crippen molar-refractivity contribution in [3.63, 3.8) is 0 Å². The van der Waals surface area contributed by atoms with E-state index in [1.165, 1.54) is 18.2 Å². The lowest BCUT2D eigenvalue weighted by Gasteiger charge is -2.17. The molecule has 148 valence electrons. The summed E-state index contributed by atoms with van der Waals surface area (Å²) in [5.74, 6) is 0.228. The summed E-state index contributed by atoms with van der Waals surface area (Å²) in [4.78, 5) is 25.8. The van der Waals surface area contributed by atoms with Crippen molar-refractivity contribution >= 4 is 21.1 Å². The van der Waals surface area contributed by atoms with Crippen LogP contribution in [0.5, 0.6) is 0 Å². The molecule has 2 heterocycles. The molecular weight excluding hydrogens is 391 g/mol. The fourth-order valence-electron chi connectivity index (χ4n) is 3.03. The molecule has 2 aromatic heterocycles. The van der Waals surface area contributed by atoms with Crippen LogP contribution in [0.3, 0.4) is 0 Å². The van der Waals surface area contributed by atoms with E-state index < -0.39 is 33.7 Å². The summed E-state index contributed by atoms with van der Waals surface area (Å²) in [6, 6.07) is 7.40. The van der Waals surface area contributed by atoms with Gasteiger partial charge in [0, 0.05) is 6.07 Å². The Morgan fingerprint density at radius 1 is 1.29 bits per heavy atom. The van der Waals surface area contributed by atoms with Crippen molar-refractivity contribution in [2.75, 3.05) is 6.67 Å². The van der Waals surface area contributed by atoms with Crippen LogP contribution in [0.4, 0.5) is 4.39 Å². The highest BCUT2D eigenvalue weighted by Gasteiger charge is 2.47. The maximum Gasteiger partial charge on any atom is 0.346 e. The van der Waals surface area contributed by atoms with Crippen LogP contribution in [-0.2, 0) is 16.8 Å². The highest BCUT2D eigenvalue weighted by atomic mass is 32.2. The van der Waals surface area contributed by atoms with Gasteiger partial charge in [0.15, 0.2) is 5.76 Å². The van der Waals surface area contributed by atoms with Crippen molar-refractivity contribution in [1.29, 1.82) is 0 Å². The van der Waals surface area contributed by atoms with Crippen LogP contribution >= 0.6 is 0 Å². The van der Waals surface area contributed by atoms with Crippen LogP contribution in [0.1, 0.15) is 24.3 Å². The predicted octanol–water partition coefficient (Wildman–Crippen LogP) is 0.693. The maximum absolute atomic E-state index is 13.2. The van der Waals surface area contributed by atoms with Crippen molar-refractivity contribution in [3.8, 4) is 0 Å². The predicted molar refractivity (Wildman–Crippen MR) is 98.2 cm³/mol. The van der Waals surface area contributed by atoms with Crippen molar-refractivity contribution in [2.45, 2.75) is 31.8 Å². The molecule has 0 bridgehead atoms. The number of rotatable bonds is 6. The first-order chi connectivity index (χ1) is 13.3. The first kappa shape index (κ1) is 18.6. The normalized spacial score (nSPS) is 15.8. The SMILES string of the molecule is Cc1cc(Cn2c(=O)c3ccccc3n(S(=O)(=O)NC3(CF)CC3)c2=O)on1. The Hall–Kier alpha value is -2.79. The smallest absolute Gasteiger partial charge is 0.346 e. The molecule has 1 fully saturated rings. The van der Waals surface area contributed by atoms with Gasteiger partial charge in [0.05, 0.1) is 28.7 Å². The zero-order valence-corrected chi connectivity index (χ0v) is 15.7. The molecule has 0 amide bonds. The second-order valence-electron chi connectivity index (χ2n) is 6.91. The second-order valence-corrected chi connectivity index (χ2v) is 8.43. The molecule has 1 saturated carbocycles. The number of aryl methyl sites for hydroxylation is 1. The quantitative estimate of drug-likeness (QED) is 0.642. The van der Waals surface area contributed by atoms with E-state index in [-0.39, 0.29) is 23.2 Å². The third-order valence-electron chi connectivity index (χ3n) is 4.69. The number of nitrogens with one attached hydrogen (secondary N) is 1. The average Bonchev–Trinajstić information content (AvgIpc) is 3.29. The van der Waals surface area contributed by atoms with Crippen LogP contribution in [0.2, 0.25) is 0 Å². The Kier molecular flexibility index (Phi) is 4.23. The Balaban J connectivity index is 1.95. The number of benzene rings is 1. The minimum absolute atomic E-state index is 0.0359. The molecule has 0 aliphatic heterocycles. The lowest BCUT2D eigenvalue weighted by atomic mass is 10.2. The summed E-state index contributed by atoms with van der Waals surface area (Å²) in [5.41, 5.74) is -2.45. The Labute approximate surface area is 158 Å². The van der Waals surface area contributed by atoms with Gasteiger partial charge in [0.1, 0.15) is 6.67 Å². The first-order valence-electron chi connectivity index (χ1n) is 8.54. The van der Waals surface area contributed by atoms with Crippen LogP contribution in [0.15, 0.2) is 44.4 Å². The van der Waals surface area contributed by atoms with Gasteiger partial charge in [-0.05, 0) is 31.9 Å². The van der Waals surface area contributed by atoms with E-state index in [4.69, 9.17) is 4.52 Å². The van der Waals surface area contributed by atoms with Gasteiger partial charge in [-0.2, -0.15) is 17.1 Å². The van der Waals surface area contributed by atoms with E-state index in [0.717, 1.165) is 4.57 Å². The van der Waals surface area contributed by atoms with Crippen LogP contribution in [0, 0.1) is 6.92 Å². The van der Waals surface area contributed by atoms with Crippen molar-refractivity contribution < 1.29 is 17.3 Å². The Morgan fingerprint density at radius 3 is 2.61 bits per heavy atom. The molecule has 28 heavy (non-hydrogen) atoms. The second kappa shape index (κ2) is 6.38. The van der Waals surface area contributed by atoms with Gasteiger partial charge in [-0.15, -0.1) is 0 Å². The summed E-state index contributed by atoms with van der Waals surface area (Å²) in [6.45, 7) is 0.512. The first-order valence-corrected chi connectivity index (χ1v) is 9.98. The van der Waals surface area contributed by atoms with E-state index >= 15 is 0 Å². The number of hydrogen-bond donors (Lipinski definition) is 1. The molecule has 11 heteroatoms. The standard InChI is InChI=1S/C17H17FN4O5S/c1-11-8-12(27-19-11)9-21-15(23)13-4-2-3-5-14(13)22(16(21)24)28(25,26)20-17(10-18)6-7-17/h2-5,8,20H,6-7,9-10H2,1H3. The molecule has 0 atom stereocenters. The van der Waals surface area contributed by atoms with E-state index in [1.807, 2.05) is 0 Å². The molecule has 0 radical (unpaired) electrons. The number of hydrogen-bond acceptors (Lipinski definition) is 6. The zero-order valence-electron chi connectivity index (χ0n) is 14.9. The van der Waals surface area contributed by atoms with Gasteiger partial charge in [-0.1, -0.05) is 17.3 Å². The average molecular weight is 408 g/mol. The monoisotopic (exact) mass is 408 g/mol. The van der Waals surface area contributed by atoms with Crippen molar-refractivity contribution in [2.24, 2.45) is 0 Å². The van der Waals surface area contributed by atoms with E-state index in [2.05, 4.69) is 9.88 Å². The molecule has 1 aliphatic rings. The van der Waals surface area contributed by atoms with Gasteiger partial charge < -0.3 is 4.52 Å². The molecular formula is C17H17FN4O5S. The van der Waals surface area contributed by atoms with Crippen LogP contribution < -0.4 is 16.0 Å². The van der Waals surface area contributed by atoms with Crippen molar-refractivity contribution in [1.82, 2.24) is 18.4 Å². The van der Waals surface area contributed by atoms with E-state index in [0.29, 0.717) is 22.5 Å². The largest absolute Gasteiger partial charge is 0.359 e. The van der Waals surface area contributed by atoms with E-state index in [9.17, 15) is 22.4 Å². The Morgan fingerprint density at radius 2 is 2.00 bits per heavy atom. The van der Waals surface area contributed by atoms with Gasteiger partial charge in [0.25, 0.3) is 5.56 Å². The Bertz CT molecular complexity index is 1290. The van der Waals surface area contributed by atoms with Gasteiger partial charge in [-0.25, -0.2) is 9.18 Å². The molecule has 3 aromatic rings. The number of halogens is 1. The lowest BCUT2D eigenvalue weighted by molar-refractivity contribution is 0.369. The molecule has 1 N–H and O–H groups in total. The minimum Gasteiger partial charge on any atom is -0.359 e. The highest BCUT2D eigenvalue weighted by molar-refractivity contribution is 7.88. The summed E-state index contributed by atoms with van der Waals surface area (Å²) in [7, 11) is -4.44. The van der Waals surface area contributed by atoms with Gasteiger partial charge in [-0.3, -0.25) is 9.36 Å². The third-order valence-corrected chi connectivity index (χ3v) is 6.21. The zero-order chi connectivity index (χ0) is 20.1. The van der Waals surface area contributed by atoms with Crippen LogP contribution in [-0.4, -0.2) is 34.3 Å². The fraction of sp³-hybridized carbons (Fsp3) is 0.353. The van der Waals surface area contributed by atoms with Gasteiger partial charge in [0.2, 0.25) is 0 Å². The number of fused-ring (bicyclic) bond motifs is 1. The fourth-order valence-corrected chi connectivity index (χ4v) is 4.65. The lowest BCUT2D eigenvalue weighted by Crippen LogP contribution is -2.49. The van der Waals surface area contributed by atoms with Crippen molar-refractivity contribution in [3.05, 3.63) is 62.6 Å². The molecule has 0 unspecified atom stereocenters. The summed E-state index contributed by atoms with van der Waals surface area (Å²) in [5, 5.41) is 3.74. The molecule has 0 saturated heterocycles. The molecule has 4 rings (SSSR count). The molecule has 0 spiro atoms. The maximum atomic E-state index is 13.2.